The van der Waals surface area contributed by atoms with Crippen molar-refractivity contribution >= 4 is 10.0 Å². The first-order valence-electron chi connectivity index (χ1n) is 6.46. The van der Waals surface area contributed by atoms with Gasteiger partial charge in [-0.1, -0.05) is 30.0 Å². The molecule has 0 aliphatic rings. The summed E-state index contributed by atoms with van der Waals surface area (Å²) in [4.78, 5) is -0.295. The first kappa shape index (κ1) is 17.1. The predicted molar refractivity (Wildman–Crippen MR) is 80.1 cm³/mol. The highest BCUT2D eigenvalue weighted by Gasteiger charge is 2.31. The number of benzene rings is 2. The summed E-state index contributed by atoms with van der Waals surface area (Å²) in [5, 5.41) is 0. The second kappa shape index (κ2) is 6.44. The second-order valence-corrected chi connectivity index (χ2v) is 6.39. The van der Waals surface area contributed by atoms with E-state index in [9.17, 15) is 21.6 Å². The number of hydrogen-bond acceptors (Lipinski definition) is 2. The Morgan fingerprint density at radius 3 is 2.22 bits per heavy atom. The van der Waals surface area contributed by atoms with Crippen LogP contribution < -0.4 is 4.72 Å². The molecule has 1 N–H and O–H groups in total. The average Bonchev–Trinajstić information content (AvgIpc) is 2.52. The summed E-state index contributed by atoms with van der Waals surface area (Å²) >= 11 is 0. The van der Waals surface area contributed by atoms with Gasteiger partial charge in [-0.3, -0.25) is 0 Å². The van der Waals surface area contributed by atoms with E-state index in [2.05, 4.69) is 16.6 Å². The normalized spacial score (nSPS) is 11.7. The summed E-state index contributed by atoms with van der Waals surface area (Å²) in [5.41, 5.74) is -0.597. The van der Waals surface area contributed by atoms with Crippen molar-refractivity contribution in [2.45, 2.75) is 11.1 Å². The lowest BCUT2D eigenvalue weighted by molar-refractivity contribution is -0.137. The monoisotopic (exact) mass is 339 g/mol. The van der Waals surface area contributed by atoms with Crippen LogP contribution >= 0.6 is 0 Å². The highest BCUT2D eigenvalue weighted by Crippen LogP contribution is 2.31. The van der Waals surface area contributed by atoms with Crippen LogP contribution in [-0.2, 0) is 16.2 Å². The second-order valence-electron chi connectivity index (χ2n) is 4.53. The van der Waals surface area contributed by atoms with Crippen molar-refractivity contribution in [2.24, 2.45) is 0 Å². The van der Waals surface area contributed by atoms with Crippen LogP contribution in [0, 0.1) is 11.8 Å². The molecule has 0 amide bonds. The molecule has 2 aromatic rings. The maximum Gasteiger partial charge on any atom is 0.416 e. The summed E-state index contributed by atoms with van der Waals surface area (Å²) in [6, 6.07) is 10.9. The summed E-state index contributed by atoms with van der Waals surface area (Å²) in [5.74, 6) is 5.18. The van der Waals surface area contributed by atoms with Crippen LogP contribution in [-0.4, -0.2) is 15.5 Å². The van der Waals surface area contributed by atoms with E-state index in [-0.39, 0.29) is 10.5 Å². The molecule has 0 spiro atoms. The molecule has 0 aliphatic carbocycles. The molecule has 0 heterocycles. The SMILES string of the molecule is CNS(=O)(=O)c1ccc(C(F)(F)F)cc1C#Cc1ccccc1. The Morgan fingerprint density at radius 2 is 1.65 bits per heavy atom. The van der Waals surface area contributed by atoms with Crippen molar-refractivity contribution in [3.05, 3.63) is 65.2 Å². The Labute approximate surface area is 132 Å². The fourth-order valence-electron chi connectivity index (χ4n) is 1.81. The van der Waals surface area contributed by atoms with Crippen LogP contribution in [0.2, 0.25) is 0 Å². The Balaban J connectivity index is 2.61. The maximum absolute atomic E-state index is 12.8. The first-order chi connectivity index (χ1) is 10.7. The van der Waals surface area contributed by atoms with Gasteiger partial charge in [0.1, 0.15) is 0 Å². The van der Waals surface area contributed by atoms with Crippen molar-refractivity contribution < 1.29 is 21.6 Å². The van der Waals surface area contributed by atoms with Crippen LogP contribution in [0.1, 0.15) is 16.7 Å². The van der Waals surface area contributed by atoms with Crippen molar-refractivity contribution in [1.29, 1.82) is 0 Å². The van der Waals surface area contributed by atoms with E-state index in [1.54, 1.807) is 30.3 Å². The standard InChI is InChI=1S/C16H12F3NO2S/c1-20-23(21,22)15-10-9-14(16(17,18)19)11-13(15)8-7-12-5-3-2-4-6-12/h2-6,9-11,20H,1H3. The number of nitrogens with one attached hydrogen (secondary N) is 1. The number of rotatable bonds is 2. The van der Waals surface area contributed by atoms with Crippen LogP contribution in [0.5, 0.6) is 0 Å². The first-order valence-corrected chi connectivity index (χ1v) is 7.94. The zero-order valence-electron chi connectivity index (χ0n) is 12.0. The molecule has 0 aliphatic heterocycles. The molecular weight excluding hydrogens is 327 g/mol. The Kier molecular flexibility index (Phi) is 4.78. The number of sulfonamides is 1. The maximum atomic E-state index is 12.8. The molecule has 0 saturated carbocycles. The molecule has 0 fully saturated rings. The third kappa shape index (κ3) is 4.12. The minimum Gasteiger partial charge on any atom is -0.214 e. The Bertz CT molecular complexity index is 864. The van der Waals surface area contributed by atoms with E-state index in [0.29, 0.717) is 5.56 Å². The predicted octanol–water partition coefficient (Wildman–Crippen LogP) is 3.01. The molecule has 0 aromatic heterocycles. The lowest BCUT2D eigenvalue weighted by Crippen LogP contribution is -2.20. The van der Waals surface area contributed by atoms with Crippen molar-refractivity contribution in [3.8, 4) is 11.8 Å². The van der Waals surface area contributed by atoms with E-state index in [1.165, 1.54) is 7.05 Å². The molecule has 23 heavy (non-hydrogen) atoms. The molecule has 3 nitrogen and oxygen atoms in total. The number of alkyl halides is 3. The third-order valence-corrected chi connectivity index (χ3v) is 4.45. The average molecular weight is 339 g/mol. The van der Waals surface area contributed by atoms with Gasteiger partial charge in [0.2, 0.25) is 10.0 Å². The molecular formula is C16H12F3NO2S. The van der Waals surface area contributed by atoms with E-state index in [1.807, 2.05) is 0 Å². The lowest BCUT2D eigenvalue weighted by Gasteiger charge is -2.10. The largest absolute Gasteiger partial charge is 0.416 e. The summed E-state index contributed by atoms with van der Waals surface area (Å²) in [6.07, 6.45) is -4.58. The van der Waals surface area contributed by atoms with Crippen LogP contribution in [0.15, 0.2) is 53.4 Å². The fourth-order valence-corrected chi connectivity index (χ4v) is 2.68. The molecule has 0 bridgehead atoms. The van der Waals surface area contributed by atoms with Crippen molar-refractivity contribution in [1.82, 2.24) is 4.72 Å². The smallest absolute Gasteiger partial charge is 0.214 e. The van der Waals surface area contributed by atoms with E-state index in [0.717, 1.165) is 18.2 Å². The van der Waals surface area contributed by atoms with Gasteiger partial charge < -0.3 is 0 Å². The zero-order valence-corrected chi connectivity index (χ0v) is 12.8. The van der Waals surface area contributed by atoms with Gasteiger partial charge in [0.15, 0.2) is 0 Å². The van der Waals surface area contributed by atoms with Gasteiger partial charge in [-0.05, 0) is 37.4 Å². The lowest BCUT2D eigenvalue weighted by atomic mass is 10.1. The highest BCUT2D eigenvalue weighted by molar-refractivity contribution is 7.89. The molecule has 2 rings (SSSR count). The molecule has 0 atom stereocenters. The van der Waals surface area contributed by atoms with Gasteiger partial charge >= 0.3 is 6.18 Å². The van der Waals surface area contributed by atoms with Crippen LogP contribution in [0.3, 0.4) is 0 Å². The van der Waals surface area contributed by atoms with E-state index < -0.39 is 21.8 Å². The van der Waals surface area contributed by atoms with Gasteiger partial charge in [0.25, 0.3) is 0 Å². The molecule has 7 heteroatoms. The third-order valence-electron chi connectivity index (χ3n) is 2.98. The van der Waals surface area contributed by atoms with Crippen LogP contribution in [0.25, 0.3) is 0 Å². The molecule has 0 radical (unpaired) electrons. The van der Waals surface area contributed by atoms with Gasteiger partial charge in [0, 0.05) is 11.1 Å². The molecule has 120 valence electrons. The minimum atomic E-state index is -4.58. The van der Waals surface area contributed by atoms with Gasteiger partial charge in [0.05, 0.1) is 10.5 Å². The summed E-state index contributed by atoms with van der Waals surface area (Å²) in [7, 11) is -2.73. The molecule has 0 unspecified atom stereocenters. The summed E-state index contributed by atoms with van der Waals surface area (Å²) in [6.45, 7) is 0. The topological polar surface area (TPSA) is 46.2 Å². The fraction of sp³-hybridized carbons (Fsp3) is 0.125. The minimum absolute atomic E-state index is 0.210. The Morgan fingerprint density at radius 1 is 1.00 bits per heavy atom. The zero-order chi connectivity index (χ0) is 17.1. The molecule has 2 aromatic carbocycles. The van der Waals surface area contributed by atoms with Crippen LogP contribution in [0.4, 0.5) is 13.2 Å². The van der Waals surface area contributed by atoms with Gasteiger partial charge in [-0.2, -0.15) is 13.2 Å². The quantitative estimate of drug-likeness (QED) is 0.855. The number of halogens is 3. The number of hydrogen-bond donors (Lipinski definition) is 1. The summed E-state index contributed by atoms with van der Waals surface area (Å²) < 4.78 is 64.4. The van der Waals surface area contributed by atoms with Crippen molar-refractivity contribution in [3.63, 3.8) is 0 Å². The Hall–Kier alpha value is -2.30. The van der Waals surface area contributed by atoms with E-state index in [4.69, 9.17) is 0 Å². The highest BCUT2D eigenvalue weighted by atomic mass is 32.2. The van der Waals surface area contributed by atoms with Gasteiger partial charge in [-0.25, -0.2) is 13.1 Å². The van der Waals surface area contributed by atoms with Gasteiger partial charge in [-0.15, -0.1) is 0 Å². The van der Waals surface area contributed by atoms with E-state index >= 15 is 0 Å². The van der Waals surface area contributed by atoms with Crippen molar-refractivity contribution in [2.75, 3.05) is 7.05 Å². The molecule has 0 saturated heterocycles.